The molecular weight excluding hydrogens is 416 g/mol. The molecule has 2 aliphatic rings. The van der Waals surface area contributed by atoms with Crippen LogP contribution in [0.3, 0.4) is 0 Å². The Labute approximate surface area is 177 Å². The fourth-order valence-corrected chi connectivity index (χ4v) is 4.48. The molecule has 0 spiro atoms. The fraction of sp³-hybridized carbons (Fsp3) is 0.500. The average molecular weight is 447 g/mol. The van der Waals surface area contributed by atoms with Gasteiger partial charge in [-0.05, 0) is 60.1 Å². The van der Waals surface area contributed by atoms with E-state index in [0.29, 0.717) is 11.8 Å². The highest BCUT2D eigenvalue weighted by atomic mass is 79.9. The van der Waals surface area contributed by atoms with Crippen molar-refractivity contribution < 1.29 is 14.6 Å². The molecule has 4 rings (SSSR count). The monoisotopic (exact) mass is 446 g/mol. The number of aryl methyl sites for hydroxylation is 2. The van der Waals surface area contributed by atoms with E-state index in [1.807, 2.05) is 6.07 Å². The molecule has 2 aliphatic heterocycles. The van der Waals surface area contributed by atoms with Gasteiger partial charge in [-0.1, -0.05) is 52.3 Å². The lowest BCUT2D eigenvalue weighted by Crippen LogP contribution is -2.01. The molecule has 0 aliphatic carbocycles. The number of hydrogen-bond acceptors (Lipinski definition) is 3. The topological polar surface area (TPSA) is 38.7 Å². The molecule has 2 aromatic rings. The minimum Gasteiger partial charge on any atom is -0.392 e. The van der Waals surface area contributed by atoms with Crippen LogP contribution in [0.2, 0.25) is 0 Å². The van der Waals surface area contributed by atoms with Crippen LogP contribution in [-0.4, -0.2) is 31.5 Å². The van der Waals surface area contributed by atoms with Gasteiger partial charge in [0.15, 0.2) is 0 Å². The molecular formula is C24H31BrO3. The van der Waals surface area contributed by atoms with Crippen LogP contribution in [0.15, 0.2) is 36.4 Å². The molecule has 152 valence electrons. The average Bonchev–Trinajstić information content (AvgIpc) is 3.42. The van der Waals surface area contributed by atoms with Crippen LogP contribution in [-0.2, 0) is 21.4 Å². The maximum Gasteiger partial charge on any atom is 0.0681 e. The minimum absolute atomic E-state index is 0.127. The summed E-state index contributed by atoms with van der Waals surface area (Å²) in [6.45, 7) is 7.97. The maximum absolute atomic E-state index is 8.99. The number of benzene rings is 2. The quantitative estimate of drug-likeness (QED) is 0.640. The molecule has 2 atom stereocenters. The lowest BCUT2D eigenvalue weighted by Gasteiger charge is -2.12. The first-order valence-electron chi connectivity index (χ1n) is 10.1. The first-order valence-corrected chi connectivity index (χ1v) is 11.3. The van der Waals surface area contributed by atoms with Crippen LogP contribution in [0.4, 0.5) is 0 Å². The van der Waals surface area contributed by atoms with Crippen LogP contribution in [0, 0.1) is 13.8 Å². The van der Waals surface area contributed by atoms with Gasteiger partial charge in [0, 0.05) is 30.4 Å². The molecule has 0 saturated carbocycles. The van der Waals surface area contributed by atoms with E-state index in [-0.39, 0.29) is 6.61 Å². The summed E-state index contributed by atoms with van der Waals surface area (Å²) in [6.07, 6.45) is 2.30. The molecule has 2 aromatic carbocycles. The Bertz CT molecular complexity index is 697. The normalized spacial score (nSPS) is 21.4. The third kappa shape index (κ3) is 5.44. The van der Waals surface area contributed by atoms with E-state index in [4.69, 9.17) is 14.6 Å². The van der Waals surface area contributed by atoms with E-state index in [1.54, 1.807) is 0 Å². The van der Waals surface area contributed by atoms with Crippen molar-refractivity contribution in [3.05, 3.63) is 69.8 Å². The van der Waals surface area contributed by atoms with E-state index in [9.17, 15) is 0 Å². The zero-order valence-electron chi connectivity index (χ0n) is 16.9. The molecule has 4 heteroatoms. The highest BCUT2D eigenvalue weighted by Gasteiger charge is 2.20. The van der Waals surface area contributed by atoms with Gasteiger partial charge in [-0.2, -0.15) is 0 Å². The Morgan fingerprint density at radius 3 is 1.75 bits per heavy atom. The first-order chi connectivity index (χ1) is 13.6. The van der Waals surface area contributed by atoms with Crippen LogP contribution < -0.4 is 0 Å². The van der Waals surface area contributed by atoms with Gasteiger partial charge in [0.1, 0.15) is 0 Å². The zero-order chi connectivity index (χ0) is 19.9. The molecule has 2 fully saturated rings. The van der Waals surface area contributed by atoms with Crippen molar-refractivity contribution in [3.8, 4) is 0 Å². The highest BCUT2D eigenvalue weighted by Crippen LogP contribution is 2.29. The molecule has 2 heterocycles. The van der Waals surface area contributed by atoms with Crippen LogP contribution in [0.1, 0.15) is 58.1 Å². The molecule has 0 radical (unpaired) electrons. The first kappa shape index (κ1) is 21.5. The van der Waals surface area contributed by atoms with E-state index in [1.165, 1.54) is 34.2 Å². The van der Waals surface area contributed by atoms with Crippen molar-refractivity contribution in [3.63, 3.8) is 0 Å². The molecule has 2 saturated heterocycles. The third-order valence-corrected chi connectivity index (χ3v) is 6.39. The van der Waals surface area contributed by atoms with Gasteiger partial charge >= 0.3 is 0 Å². The zero-order valence-corrected chi connectivity index (χ0v) is 18.5. The van der Waals surface area contributed by atoms with E-state index in [0.717, 1.165) is 43.7 Å². The second-order valence-electron chi connectivity index (χ2n) is 7.79. The van der Waals surface area contributed by atoms with Crippen molar-refractivity contribution in [2.75, 3.05) is 26.4 Å². The van der Waals surface area contributed by atoms with Crippen LogP contribution in [0.5, 0.6) is 0 Å². The molecule has 0 amide bonds. The number of aliphatic hydroxyl groups excluding tert-OH is 1. The molecule has 3 nitrogen and oxygen atoms in total. The molecule has 0 aromatic heterocycles. The predicted octanol–water partition coefficient (Wildman–Crippen LogP) is 5.39. The summed E-state index contributed by atoms with van der Waals surface area (Å²) < 4.78 is 10.8. The van der Waals surface area contributed by atoms with Crippen molar-refractivity contribution in [2.24, 2.45) is 0 Å². The van der Waals surface area contributed by atoms with E-state index < -0.39 is 0 Å². The number of halogens is 1. The van der Waals surface area contributed by atoms with Gasteiger partial charge in [0.05, 0.1) is 19.8 Å². The Kier molecular flexibility index (Phi) is 8.10. The standard InChI is InChI=1S/C12H15BrO.C12H16O2/c2*1-9-6-10(7-13)2-3-12(9)11-4-5-14-8-11/h2-3,6,11H,4-5,7-8H2,1H3;2-3,6,11,13H,4-5,7-8H2,1H3. The second kappa shape index (κ2) is 10.5. The lowest BCUT2D eigenvalue weighted by molar-refractivity contribution is 0.193. The second-order valence-corrected chi connectivity index (χ2v) is 8.36. The fourth-order valence-electron chi connectivity index (χ4n) is 4.13. The Balaban J connectivity index is 0.000000161. The summed E-state index contributed by atoms with van der Waals surface area (Å²) in [5, 5.41) is 9.93. The lowest BCUT2D eigenvalue weighted by atomic mass is 9.93. The molecule has 0 bridgehead atoms. The number of hydrogen-bond donors (Lipinski definition) is 1. The third-order valence-electron chi connectivity index (χ3n) is 5.74. The van der Waals surface area contributed by atoms with E-state index >= 15 is 0 Å². The van der Waals surface area contributed by atoms with Gasteiger partial charge in [-0.3, -0.25) is 0 Å². The van der Waals surface area contributed by atoms with Gasteiger partial charge in [-0.25, -0.2) is 0 Å². The van der Waals surface area contributed by atoms with Crippen molar-refractivity contribution >= 4 is 15.9 Å². The predicted molar refractivity (Wildman–Crippen MR) is 117 cm³/mol. The number of aliphatic hydroxyl groups is 1. The van der Waals surface area contributed by atoms with Crippen molar-refractivity contribution in [1.82, 2.24) is 0 Å². The summed E-state index contributed by atoms with van der Waals surface area (Å²) >= 11 is 3.48. The Morgan fingerprint density at radius 1 is 0.857 bits per heavy atom. The summed E-state index contributed by atoms with van der Waals surface area (Å²) in [4.78, 5) is 0. The number of rotatable bonds is 4. The van der Waals surface area contributed by atoms with Gasteiger partial charge in [0.2, 0.25) is 0 Å². The SMILES string of the molecule is Cc1cc(CBr)ccc1C1CCOC1.Cc1cc(CO)ccc1C1CCOC1. The minimum atomic E-state index is 0.127. The molecule has 28 heavy (non-hydrogen) atoms. The van der Waals surface area contributed by atoms with Crippen molar-refractivity contribution in [1.29, 1.82) is 0 Å². The Morgan fingerprint density at radius 2 is 1.36 bits per heavy atom. The summed E-state index contributed by atoms with van der Waals surface area (Å²) in [5.41, 5.74) is 7.85. The molecule has 2 unspecified atom stereocenters. The van der Waals surface area contributed by atoms with Gasteiger partial charge in [0.25, 0.3) is 0 Å². The van der Waals surface area contributed by atoms with Gasteiger partial charge in [-0.15, -0.1) is 0 Å². The summed E-state index contributed by atoms with van der Waals surface area (Å²) in [5.74, 6) is 1.18. The smallest absolute Gasteiger partial charge is 0.0681 e. The van der Waals surface area contributed by atoms with Crippen molar-refractivity contribution in [2.45, 2.75) is 50.5 Å². The highest BCUT2D eigenvalue weighted by molar-refractivity contribution is 9.08. The van der Waals surface area contributed by atoms with E-state index in [2.05, 4.69) is 60.1 Å². The largest absolute Gasteiger partial charge is 0.392 e. The van der Waals surface area contributed by atoms with Gasteiger partial charge < -0.3 is 14.6 Å². The summed E-state index contributed by atoms with van der Waals surface area (Å²) in [7, 11) is 0. The molecule has 1 N–H and O–H groups in total. The van der Waals surface area contributed by atoms with Crippen LogP contribution >= 0.6 is 15.9 Å². The Hall–Kier alpha value is -1.20. The maximum atomic E-state index is 8.99. The number of ether oxygens (including phenoxy) is 2. The number of alkyl halides is 1. The summed E-state index contributed by atoms with van der Waals surface area (Å²) in [6, 6.07) is 12.9. The van der Waals surface area contributed by atoms with Crippen LogP contribution in [0.25, 0.3) is 0 Å².